The van der Waals surface area contributed by atoms with Crippen molar-refractivity contribution in [2.75, 3.05) is 24.0 Å². The number of benzene rings is 4. The summed E-state index contributed by atoms with van der Waals surface area (Å²) in [6, 6.07) is 27.0. The third-order valence-electron chi connectivity index (χ3n) is 7.58. The van der Waals surface area contributed by atoms with Gasteiger partial charge in [0.2, 0.25) is 11.8 Å². The number of hydrogen-bond donors (Lipinski definition) is 1. The van der Waals surface area contributed by atoms with E-state index >= 15 is 4.39 Å². The Labute approximate surface area is 277 Å². The smallest absolute Gasteiger partial charge is 0.264 e. The topological polar surface area (TPSA) is 96.0 Å². The molecule has 4 aromatic rings. The fourth-order valence-corrected chi connectivity index (χ4v) is 6.44. The van der Waals surface area contributed by atoms with Crippen LogP contribution >= 0.6 is 0 Å². The Morgan fingerprint density at radius 1 is 0.872 bits per heavy atom. The third kappa shape index (κ3) is 9.42. The number of nitrogens with one attached hydrogen (secondary N) is 1. The Kier molecular flexibility index (Phi) is 12.1. The number of carbonyl (C=O) groups is 2. The normalized spacial score (nSPS) is 12.0. The van der Waals surface area contributed by atoms with Crippen LogP contribution in [0.15, 0.2) is 108 Å². The summed E-state index contributed by atoms with van der Waals surface area (Å²) in [6.45, 7) is 7.53. The second kappa shape index (κ2) is 16.2. The van der Waals surface area contributed by atoms with Crippen molar-refractivity contribution in [1.82, 2.24) is 10.2 Å². The van der Waals surface area contributed by atoms with E-state index in [0.717, 1.165) is 15.4 Å². The Balaban J connectivity index is 1.79. The first kappa shape index (κ1) is 35.2. The summed E-state index contributed by atoms with van der Waals surface area (Å²) in [5.74, 6) is -0.962. The van der Waals surface area contributed by atoms with Crippen molar-refractivity contribution in [3.8, 4) is 5.75 Å². The molecule has 4 aromatic carbocycles. The summed E-state index contributed by atoms with van der Waals surface area (Å²) in [5.41, 5.74) is 2.17. The van der Waals surface area contributed by atoms with E-state index in [4.69, 9.17) is 4.74 Å². The van der Waals surface area contributed by atoms with Crippen LogP contribution in [0.25, 0.3) is 0 Å². The number of hydrogen-bond acceptors (Lipinski definition) is 5. The van der Waals surface area contributed by atoms with Crippen LogP contribution in [0.3, 0.4) is 0 Å². The molecule has 1 atom stereocenters. The molecule has 0 fully saturated rings. The molecule has 0 aliphatic carbocycles. The maximum atomic E-state index is 15.1. The SMILES string of the molecule is CCOc1ccc(S(=O)(=O)N(CC(=O)N(Cc2ccccc2F)C(Cc2ccccc2)C(=O)NCC(C)C)c2ccc(C)cc2)cc1. The first-order chi connectivity index (χ1) is 22.5. The maximum Gasteiger partial charge on any atom is 0.264 e. The van der Waals surface area contributed by atoms with Crippen LogP contribution in [0.5, 0.6) is 5.75 Å². The average Bonchev–Trinajstić information content (AvgIpc) is 3.06. The highest BCUT2D eigenvalue weighted by Crippen LogP contribution is 2.27. The van der Waals surface area contributed by atoms with Gasteiger partial charge in [-0.1, -0.05) is 80.1 Å². The molecule has 0 aliphatic heterocycles. The first-order valence-corrected chi connectivity index (χ1v) is 17.1. The molecule has 8 nitrogen and oxygen atoms in total. The van der Waals surface area contributed by atoms with Crippen molar-refractivity contribution < 1.29 is 27.1 Å². The van der Waals surface area contributed by atoms with Crippen LogP contribution in [-0.2, 0) is 32.6 Å². The fourth-order valence-electron chi connectivity index (χ4n) is 5.03. The fraction of sp³-hybridized carbons (Fsp3) is 0.297. The standard InChI is InChI=1S/C37H42FN3O5S/c1-5-46-32-19-21-33(22-20-32)47(44,45)41(31-17-15-28(4)16-18-31)26-36(42)40(25-30-13-9-10-14-34(30)38)35(37(43)39-24-27(2)3)23-29-11-7-6-8-12-29/h6-22,27,35H,5,23-26H2,1-4H3,(H,39,43). The molecule has 0 saturated heterocycles. The van der Waals surface area contributed by atoms with E-state index in [1.54, 1.807) is 54.6 Å². The van der Waals surface area contributed by atoms with Gasteiger partial charge in [-0.3, -0.25) is 13.9 Å². The molecular weight excluding hydrogens is 617 g/mol. The summed E-state index contributed by atoms with van der Waals surface area (Å²) < 4.78 is 50.0. The molecule has 0 bridgehead atoms. The lowest BCUT2D eigenvalue weighted by atomic mass is 10.0. The lowest BCUT2D eigenvalue weighted by Gasteiger charge is -2.34. The summed E-state index contributed by atoms with van der Waals surface area (Å²) in [7, 11) is -4.28. The van der Waals surface area contributed by atoms with Crippen molar-refractivity contribution in [3.05, 3.63) is 126 Å². The van der Waals surface area contributed by atoms with Gasteiger partial charge in [-0.05, 0) is 67.8 Å². The Morgan fingerprint density at radius 2 is 1.51 bits per heavy atom. The van der Waals surface area contributed by atoms with Gasteiger partial charge >= 0.3 is 0 Å². The van der Waals surface area contributed by atoms with Crippen molar-refractivity contribution in [2.45, 2.75) is 51.6 Å². The molecule has 1 unspecified atom stereocenters. The first-order valence-electron chi connectivity index (χ1n) is 15.7. The molecule has 248 valence electrons. The van der Waals surface area contributed by atoms with Crippen molar-refractivity contribution >= 4 is 27.5 Å². The van der Waals surface area contributed by atoms with Crippen molar-refractivity contribution in [1.29, 1.82) is 0 Å². The molecule has 47 heavy (non-hydrogen) atoms. The minimum absolute atomic E-state index is 0.0366. The number of carbonyl (C=O) groups excluding carboxylic acids is 2. The van der Waals surface area contributed by atoms with Crippen LogP contribution in [-0.4, -0.2) is 50.9 Å². The molecule has 0 spiro atoms. The van der Waals surface area contributed by atoms with Gasteiger partial charge in [0.15, 0.2) is 0 Å². The summed E-state index contributed by atoms with van der Waals surface area (Å²) in [5, 5.41) is 2.93. The molecule has 0 aromatic heterocycles. The minimum atomic E-state index is -4.28. The molecular formula is C37H42FN3O5S. The van der Waals surface area contributed by atoms with E-state index in [1.165, 1.54) is 23.1 Å². The van der Waals surface area contributed by atoms with Crippen LogP contribution in [0, 0.1) is 18.7 Å². The number of sulfonamides is 1. The lowest BCUT2D eigenvalue weighted by molar-refractivity contribution is -0.140. The van der Waals surface area contributed by atoms with Crippen molar-refractivity contribution in [2.24, 2.45) is 5.92 Å². The van der Waals surface area contributed by atoms with E-state index in [-0.39, 0.29) is 35.0 Å². The van der Waals surface area contributed by atoms with Crippen LogP contribution in [0.2, 0.25) is 0 Å². The zero-order valence-electron chi connectivity index (χ0n) is 27.2. The number of halogens is 1. The number of aryl methyl sites for hydroxylation is 1. The molecule has 4 rings (SSSR count). The molecule has 10 heteroatoms. The van der Waals surface area contributed by atoms with Gasteiger partial charge in [0.05, 0.1) is 17.2 Å². The number of anilines is 1. The number of nitrogens with zero attached hydrogens (tertiary/aromatic N) is 2. The average molecular weight is 660 g/mol. The summed E-state index contributed by atoms with van der Waals surface area (Å²) in [6.07, 6.45) is 0.140. The number of amides is 2. The highest BCUT2D eigenvalue weighted by Gasteiger charge is 2.35. The number of rotatable bonds is 15. The second-order valence-corrected chi connectivity index (χ2v) is 13.6. The minimum Gasteiger partial charge on any atom is -0.494 e. The van der Waals surface area contributed by atoms with E-state index in [2.05, 4.69) is 5.32 Å². The molecule has 0 heterocycles. The zero-order chi connectivity index (χ0) is 34.0. The largest absolute Gasteiger partial charge is 0.494 e. The predicted molar refractivity (Wildman–Crippen MR) is 182 cm³/mol. The van der Waals surface area contributed by atoms with E-state index < -0.39 is 40.2 Å². The van der Waals surface area contributed by atoms with Gasteiger partial charge in [-0.2, -0.15) is 0 Å². The molecule has 1 N–H and O–H groups in total. The van der Waals surface area contributed by atoms with E-state index in [9.17, 15) is 18.0 Å². The Morgan fingerprint density at radius 3 is 2.13 bits per heavy atom. The molecule has 0 radical (unpaired) electrons. The highest BCUT2D eigenvalue weighted by molar-refractivity contribution is 7.92. The lowest BCUT2D eigenvalue weighted by Crippen LogP contribution is -2.53. The quantitative estimate of drug-likeness (QED) is 0.166. The van der Waals surface area contributed by atoms with Crippen molar-refractivity contribution in [3.63, 3.8) is 0 Å². The summed E-state index contributed by atoms with van der Waals surface area (Å²) >= 11 is 0. The summed E-state index contributed by atoms with van der Waals surface area (Å²) in [4.78, 5) is 29.6. The van der Waals surface area contributed by atoms with E-state index in [0.29, 0.717) is 18.9 Å². The maximum absolute atomic E-state index is 15.1. The van der Waals surface area contributed by atoms with Gasteiger partial charge in [0.25, 0.3) is 10.0 Å². The zero-order valence-corrected chi connectivity index (χ0v) is 28.0. The molecule has 0 aliphatic rings. The van der Waals surface area contributed by atoms with Crippen LogP contribution in [0.1, 0.15) is 37.5 Å². The monoisotopic (exact) mass is 659 g/mol. The van der Waals surface area contributed by atoms with Crippen LogP contribution in [0.4, 0.5) is 10.1 Å². The van der Waals surface area contributed by atoms with Gasteiger partial charge in [-0.25, -0.2) is 12.8 Å². The highest BCUT2D eigenvalue weighted by atomic mass is 32.2. The third-order valence-corrected chi connectivity index (χ3v) is 9.37. The molecule has 2 amide bonds. The van der Waals surface area contributed by atoms with Gasteiger partial charge in [-0.15, -0.1) is 0 Å². The Hall–Kier alpha value is -4.70. The number of ether oxygens (including phenoxy) is 1. The Bertz CT molecular complexity index is 1730. The molecule has 0 saturated carbocycles. The van der Waals surface area contributed by atoms with Gasteiger partial charge in [0.1, 0.15) is 24.2 Å². The van der Waals surface area contributed by atoms with Gasteiger partial charge < -0.3 is 15.0 Å². The predicted octanol–water partition coefficient (Wildman–Crippen LogP) is 6.14. The second-order valence-electron chi connectivity index (χ2n) is 11.7. The van der Waals surface area contributed by atoms with Crippen LogP contribution < -0.4 is 14.4 Å². The van der Waals surface area contributed by atoms with E-state index in [1.807, 2.05) is 58.0 Å². The van der Waals surface area contributed by atoms with Gasteiger partial charge in [0, 0.05) is 25.1 Å².